The van der Waals surface area contributed by atoms with Gasteiger partial charge in [0.1, 0.15) is 55.2 Å². The Morgan fingerprint density at radius 1 is 0.594 bits per heavy atom. The molecule has 0 aromatic heterocycles. The van der Waals surface area contributed by atoms with Crippen molar-refractivity contribution in [1.82, 2.24) is 21.3 Å². The Hall–Kier alpha value is -8.35. The van der Waals surface area contributed by atoms with Gasteiger partial charge in [0.25, 0.3) is 0 Å². The van der Waals surface area contributed by atoms with Crippen LogP contribution < -0.4 is 47.5 Å². The Bertz CT molecular complexity index is 3440. The van der Waals surface area contributed by atoms with Gasteiger partial charge >= 0.3 is 27.7 Å². The number of carbonyl (C=O) groups excluding carboxylic acids is 7. The number of phosphoric acid groups is 2. The Morgan fingerprint density at radius 2 is 1.02 bits per heavy atom. The van der Waals surface area contributed by atoms with E-state index in [1.54, 1.807) is 26.8 Å². The maximum atomic E-state index is 14.6. The van der Waals surface area contributed by atoms with Crippen LogP contribution in [0, 0.1) is 17.8 Å². The van der Waals surface area contributed by atoms with Crippen LogP contribution in [-0.4, -0.2) is 111 Å². The van der Waals surface area contributed by atoms with Gasteiger partial charge in [-0.3, -0.25) is 46.9 Å². The number of fused-ring (bicyclic) bond motifs is 3. The number of primary amides is 2. The van der Waals surface area contributed by atoms with Gasteiger partial charge in [-0.15, -0.1) is 26.3 Å². The zero-order valence-corrected chi connectivity index (χ0v) is 61.3. The van der Waals surface area contributed by atoms with E-state index < -0.39 is 106 Å². The normalized spacial score (nSPS) is 13.3. The summed E-state index contributed by atoms with van der Waals surface area (Å²) in [5.41, 5.74) is 21.3. The lowest BCUT2D eigenvalue weighted by molar-refractivity contribution is -0.147. The molecule has 1 aliphatic rings. The summed E-state index contributed by atoms with van der Waals surface area (Å²) < 4.78 is 97.2. The van der Waals surface area contributed by atoms with Crippen LogP contribution in [0.1, 0.15) is 140 Å². The van der Waals surface area contributed by atoms with Crippen LogP contribution in [0.5, 0.6) is 11.5 Å². The fourth-order valence-electron chi connectivity index (χ4n) is 10.2. The van der Waals surface area contributed by atoms with Crippen LogP contribution >= 0.6 is 15.6 Å². The van der Waals surface area contributed by atoms with Crippen LogP contribution in [0.4, 0.5) is 13.6 Å². The third-order valence-corrected chi connectivity index (χ3v) is 17.5. The van der Waals surface area contributed by atoms with Gasteiger partial charge in [-0.05, 0) is 122 Å². The molecule has 101 heavy (non-hydrogen) atoms. The van der Waals surface area contributed by atoms with Crippen molar-refractivity contribution in [3.8, 4) is 22.6 Å². The van der Waals surface area contributed by atoms with Crippen LogP contribution in [0.3, 0.4) is 0 Å². The quantitative estimate of drug-likeness (QED) is 0.00937. The molecule has 28 heteroatoms. The summed E-state index contributed by atoms with van der Waals surface area (Å²) in [4.78, 5) is 90.9. The molecule has 0 bridgehead atoms. The molecule has 0 fully saturated rings. The number of esters is 1. The molecule has 4 aromatic carbocycles. The number of alkyl halides is 2. The Labute approximate surface area is 592 Å². The van der Waals surface area contributed by atoms with Gasteiger partial charge in [0, 0.05) is 35.9 Å². The second-order valence-electron chi connectivity index (χ2n) is 25.1. The summed E-state index contributed by atoms with van der Waals surface area (Å²) in [7, 11) is -8.31. The second kappa shape index (κ2) is 44.1. The minimum absolute atomic E-state index is 0.0310. The lowest BCUT2D eigenvalue weighted by Gasteiger charge is -2.25. The number of benzene rings is 4. The predicted octanol–water partition coefficient (Wildman–Crippen LogP) is 12.1. The van der Waals surface area contributed by atoms with Crippen molar-refractivity contribution in [3.63, 3.8) is 0 Å². The number of halogens is 2. The van der Waals surface area contributed by atoms with Gasteiger partial charge in [0.2, 0.25) is 29.5 Å². The summed E-state index contributed by atoms with van der Waals surface area (Å²) >= 11 is 0. The average molecular weight is 1450 g/mol. The first-order valence-electron chi connectivity index (χ1n) is 33.4. The van der Waals surface area contributed by atoms with Crippen LogP contribution in [0.25, 0.3) is 11.1 Å². The number of amides is 6. The molecule has 5 unspecified atom stereocenters. The summed E-state index contributed by atoms with van der Waals surface area (Å²) in [5.74, 6) is -5.34. The zero-order valence-electron chi connectivity index (χ0n) is 59.5. The molecule has 4 aromatic rings. The highest BCUT2D eigenvalue weighted by molar-refractivity contribution is 7.49. The number of alkyl carbamates (subject to hydrolysis) is 1. The van der Waals surface area contributed by atoms with Gasteiger partial charge in [0.15, 0.2) is 0 Å². The molecule has 0 spiro atoms. The number of ether oxygens (including phenoxy) is 2. The van der Waals surface area contributed by atoms with Crippen molar-refractivity contribution in [1.29, 1.82) is 0 Å². The minimum atomic E-state index is -4.26. The van der Waals surface area contributed by atoms with Gasteiger partial charge in [-0.2, -0.15) is 0 Å². The highest BCUT2D eigenvalue weighted by atomic mass is 31.2. The summed E-state index contributed by atoms with van der Waals surface area (Å²) in [6, 6.07) is 20.1. The van der Waals surface area contributed by atoms with E-state index in [1.807, 2.05) is 90.1 Å². The van der Waals surface area contributed by atoms with Gasteiger partial charge < -0.3 is 57.0 Å². The molecule has 556 valence electrons. The maximum absolute atomic E-state index is 14.6. The standard InChI is InChI=1S/C49H64FN4O11P.C22H33FN3O6P.C2H6/c1-8-24-62-66(60,63-25-9-2)65-43-22-21-33(27-35(43)30-50)28-42(47(58)53-41(45(51)56)26-32(3)4)54-46(57)34(16-14-15-23-52-48(59)64-49(5,6)7)29-44(55)61-31-40-38-19-12-10-17-36(38)37-18-11-13-20-39(37)40;1-5-9-30-33(29,31-10-6-2)32-20-8-7-16(12-17(20)14-23)13-18(24)22(28)26-19(21(25)27)11-15(3)4;1-2/h8-13,17-22,27,32,34,40-42H,1-2,14-16,23-26,28-31H2,3-7H3,(H2,51,56)(H,52,59)(H,53,58)(H,54,57);5-8,12,15,18-19H,1-2,9-11,13-14,24H2,3-4H3,(H2,25,27)(H,26,28);1-2H3. The number of rotatable bonds is 43. The zero-order chi connectivity index (χ0) is 75.5. The van der Waals surface area contributed by atoms with E-state index in [-0.39, 0.29) is 112 Å². The predicted molar refractivity (Wildman–Crippen MR) is 384 cm³/mol. The molecule has 0 aliphatic heterocycles. The molecule has 0 saturated heterocycles. The number of nitrogens with one attached hydrogen (secondary N) is 4. The lowest BCUT2D eigenvalue weighted by atomic mass is 9.95. The first kappa shape index (κ1) is 86.9. The van der Waals surface area contributed by atoms with Crippen molar-refractivity contribution in [2.24, 2.45) is 35.0 Å². The molecule has 0 radical (unpaired) electrons. The molecule has 0 heterocycles. The van der Waals surface area contributed by atoms with Crippen LogP contribution in [0.15, 0.2) is 136 Å². The lowest BCUT2D eigenvalue weighted by Crippen LogP contribution is -2.54. The molecular formula is C73H103F2N7O17P2. The monoisotopic (exact) mass is 1450 g/mol. The molecular weight excluding hydrogens is 1350 g/mol. The Kier molecular flexibility index (Phi) is 37.9. The maximum Gasteiger partial charge on any atom is 0.530 e. The molecule has 6 amide bonds. The first-order valence-corrected chi connectivity index (χ1v) is 36.4. The molecule has 24 nitrogen and oxygen atoms in total. The third kappa shape index (κ3) is 30.4. The Balaban J connectivity index is 0.000000635. The van der Waals surface area contributed by atoms with Crippen molar-refractivity contribution < 1.29 is 88.1 Å². The number of hydrogen-bond acceptors (Lipinski definition) is 18. The topological polar surface area (TPSA) is 354 Å². The summed E-state index contributed by atoms with van der Waals surface area (Å²) in [6.45, 7) is 28.4. The molecule has 0 saturated carbocycles. The van der Waals surface area contributed by atoms with Crippen molar-refractivity contribution in [3.05, 3.63) is 169 Å². The number of hydrogen-bond donors (Lipinski definition) is 7. The number of carbonyl (C=O) groups is 7. The largest absolute Gasteiger partial charge is 0.530 e. The Morgan fingerprint density at radius 3 is 1.44 bits per heavy atom. The van der Waals surface area contributed by atoms with Crippen molar-refractivity contribution in [2.75, 3.05) is 39.6 Å². The van der Waals surface area contributed by atoms with E-state index in [9.17, 15) is 51.5 Å². The molecule has 5 rings (SSSR count). The summed E-state index contributed by atoms with van der Waals surface area (Å²) in [6.07, 6.45) is 5.88. The molecule has 5 atom stereocenters. The van der Waals surface area contributed by atoms with Gasteiger partial charge in [0.05, 0.1) is 38.9 Å². The average Bonchev–Trinajstić information content (AvgIpc) is 1.63. The van der Waals surface area contributed by atoms with E-state index in [1.165, 1.54) is 54.6 Å². The number of phosphoric ester groups is 2. The van der Waals surface area contributed by atoms with E-state index in [4.69, 9.17) is 53.8 Å². The summed E-state index contributed by atoms with van der Waals surface area (Å²) in [5, 5.41) is 10.7. The SMILES string of the molecule is C=CCOP(=O)(OCC=C)Oc1ccc(CC(N)C(=O)NC(CC(C)C)C(N)=O)cc1CF.C=CCOP(=O)(OCC=C)Oc1ccc(CC(NC(=O)C(CCCCNC(=O)OC(C)(C)C)CC(=O)OCC2c3ccccc3-c3ccccc32)C(=O)NC(CC(C)C)C(N)=O)cc1CF.CC. The number of unbranched alkanes of at least 4 members (excludes halogenated alkanes) is 1. The smallest absolute Gasteiger partial charge is 0.465 e. The highest BCUT2D eigenvalue weighted by Gasteiger charge is 2.35. The van der Waals surface area contributed by atoms with Crippen LogP contribution in [0.2, 0.25) is 0 Å². The van der Waals surface area contributed by atoms with Crippen molar-refractivity contribution in [2.45, 2.75) is 163 Å². The van der Waals surface area contributed by atoms with E-state index in [0.29, 0.717) is 30.4 Å². The molecule has 1 aliphatic carbocycles. The third-order valence-electron chi connectivity index (χ3n) is 14.8. The number of nitrogens with two attached hydrogens (primary N) is 3. The minimum Gasteiger partial charge on any atom is -0.465 e. The van der Waals surface area contributed by atoms with E-state index >= 15 is 0 Å². The van der Waals surface area contributed by atoms with E-state index in [2.05, 4.69) is 47.6 Å². The molecule has 10 N–H and O–H groups in total. The van der Waals surface area contributed by atoms with Crippen molar-refractivity contribution >= 4 is 57.2 Å². The fraction of sp³-hybridized carbons (Fsp3) is 0.466. The van der Waals surface area contributed by atoms with Gasteiger partial charge in [-0.1, -0.05) is 133 Å². The van der Waals surface area contributed by atoms with E-state index in [0.717, 1.165) is 22.3 Å². The first-order chi connectivity index (χ1) is 47.9. The highest BCUT2D eigenvalue weighted by Crippen LogP contribution is 2.52. The second-order valence-corrected chi connectivity index (χ2v) is 28.3. The van der Waals surface area contributed by atoms with Gasteiger partial charge in [-0.25, -0.2) is 22.7 Å². The fourth-order valence-corrected chi connectivity index (χ4v) is 12.5. The van der Waals surface area contributed by atoms with Crippen LogP contribution in [-0.2, 0) is 91.7 Å².